The molecule has 0 N–H and O–H groups in total. The molecule has 0 saturated heterocycles. The Morgan fingerprint density at radius 1 is 0.829 bits per heavy atom. The first kappa shape index (κ1) is 24.0. The highest BCUT2D eigenvalue weighted by Crippen LogP contribution is 2.44. The summed E-state index contributed by atoms with van der Waals surface area (Å²) in [6.45, 7) is 12.7. The van der Waals surface area contributed by atoms with Gasteiger partial charge in [0.15, 0.2) is 0 Å². The molecular weight excluding hydrogens is 440 g/mol. The molecular formula is C30H28O5. The number of carbonyl (C=O) groups excluding carboxylic acids is 2. The zero-order valence-electron chi connectivity index (χ0n) is 20.3. The topological polar surface area (TPSA) is 61.8 Å². The number of allylic oxidation sites excluding steroid dienone is 2. The minimum absolute atomic E-state index is 0.292. The zero-order valence-corrected chi connectivity index (χ0v) is 20.3. The van der Waals surface area contributed by atoms with Crippen LogP contribution in [0, 0.1) is 0 Å². The number of fused-ring (bicyclic) bond motifs is 2. The van der Waals surface area contributed by atoms with Crippen LogP contribution in [0.2, 0.25) is 0 Å². The van der Waals surface area contributed by atoms with Gasteiger partial charge in [0, 0.05) is 39.5 Å². The van der Waals surface area contributed by atoms with E-state index in [2.05, 4.69) is 20.1 Å². The normalized spacial score (nSPS) is 12.4. The number of carbonyl (C=O) groups is 2. The Labute approximate surface area is 205 Å². The average Bonchev–Trinajstić information content (AvgIpc) is 2.85. The standard InChI is InChI=1S/C30H28O5/c1-6-20-11-7-10-14-26(20)33-21-15-16-24-25(17-21)28(35-30(32)19(4)5)23-13-9-8-12-22(23)27(24)34-29(31)18(2)3/h7-15H,2,4,6,16-17H2,1,3,5H3. The third kappa shape index (κ3) is 4.90. The summed E-state index contributed by atoms with van der Waals surface area (Å²) in [7, 11) is 0. The Kier molecular flexibility index (Phi) is 6.87. The number of ether oxygens (including phenoxy) is 3. The molecule has 0 spiro atoms. The van der Waals surface area contributed by atoms with Crippen molar-refractivity contribution in [2.75, 3.05) is 0 Å². The van der Waals surface area contributed by atoms with Gasteiger partial charge in [-0.05, 0) is 44.4 Å². The fourth-order valence-electron chi connectivity index (χ4n) is 4.05. The lowest BCUT2D eigenvalue weighted by Crippen LogP contribution is -2.17. The number of aryl methyl sites for hydroxylation is 1. The Morgan fingerprint density at radius 2 is 1.37 bits per heavy atom. The maximum Gasteiger partial charge on any atom is 0.338 e. The Balaban J connectivity index is 1.86. The fourth-order valence-corrected chi connectivity index (χ4v) is 4.05. The van der Waals surface area contributed by atoms with Crippen LogP contribution in [0.4, 0.5) is 0 Å². The summed E-state index contributed by atoms with van der Waals surface area (Å²) in [5, 5.41) is 1.35. The molecule has 178 valence electrons. The number of rotatable bonds is 7. The van der Waals surface area contributed by atoms with E-state index in [1.165, 1.54) is 0 Å². The SMILES string of the molecule is C=C(C)C(=O)Oc1c2c(c(OC(=O)C(=C)C)c3ccccc13)CC(Oc1ccccc1CC)=CC2. The van der Waals surface area contributed by atoms with Crippen molar-refractivity contribution in [1.29, 1.82) is 0 Å². The molecule has 0 bridgehead atoms. The molecule has 0 aromatic heterocycles. The number of esters is 2. The molecule has 35 heavy (non-hydrogen) atoms. The van der Waals surface area contributed by atoms with Crippen LogP contribution in [0.15, 0.2) is 84.7 Å². The van der Waals surface area contributed by atoms with Crippen molar-refractivity contribution in [3.05, 3.63) is 101 Å². The second kappa shape index (κ2) is 10.0. The van der Waals surface area contributed by atoms with Gasteiger partial charge in [0.05, 0.1) is 0 Å². The molecule has 0 saturated carbocycles. The molecule has 0 atom stereocenters. The molecule has 0 heterocycles. The van der Waals surface area contributed by atoms with Gasteiger partial charge in [0.2, 0.25) is 0 Å². The predicted octanol–water partition coefficient (Wildman–Crippen LogP) is 6.43. The average molecular weight is 469 g/mol. The molecule has 0 unspecified atom stereocenters. The van der Waals surface area contributed by atoms with Gasteiger partial charge in [-0.3, -0.25) is 0 Å². The van der Waals surface area contributed by atoms with Crippen molar-refractivity contribution in [1.82, 2.24) is 0 Å². The van der Waals surface area contributed by atoms with E-state index in [1.54, 1.807) is 13.8 Å². The second-order valence-electron chi connectivity index (χ2n) is 8.62. The Morgan fingerprint density at radius 3 is 1.94 bits per heavy atom. The third-order valence-electron chi connectivity index (χ3n) is 5.89. The van der Waals surface area contributed by atoms with Crippen molar-refractivity contribution in [3.8, 4) is 17.2 Å². The molecule has 3 aromatic rings. The molecule has 0 radical (unpaired) electrons. The minimum atomic E-state index is -0.516. The van der Waals surface area contributed by atoms with Crippen molar-refractivity contribution in [2.45, 2.75) is 40.0 Å². The van der Waals surface area contributed by atoms with Gasteiger partial charge in [-0.25, -0.2) is 9.59 Å². The number of para-hydroxylation sites is 1. The Bertz CT molecular complexity index is 1390. The summed E-state index contributed by atoms with van der Waals surface area (Å²) in [6, 6.07) is 15.3. The molecule has 1 aliphatic rings. The summed E-state index contributed by atoms with van der Waals surface area (Å²) >= 11 is 0. The van der Waals surface area contributed by atoms with E-state index in [0.29, 0.717) is 46.3 Å². The van der Waals surface area contributed by atoms with Gasteiger partial charge in [0.1, 0.15) is 23.0 Å². The first-order valence-electron chi connectivity index (χ1n) is 11.6. The number of benzene rings is 3. The molecule has 3 aromatic carbocycles. The van der Waals surface area contributed by atoms with E-state index in [1.807, 2.05) is 54.6 Å². The highest BCUT2D eigenvalue weighted by atomic mass is 16.5. The summed E-state index contributed by atoms with van der Waals surface area (Å²) in [4.78, 5) is 25.1. The zero-order chi connectivity index (χ0) is 25.1. The van der Waals surface area contributed by atoms with Crippen LogP contribution in [0.3, 0.4) is 0 Å². The van der Waals surface area contributed by atoms with Gasteiger partial charge in [0.25, 0.3) is 0 Å². The molecule has 5 nitrogen and oxygen atoms in total. The molecule has 0 aliphatic heterocycles. The lowest BCUT2D eigenvalue weighted by Gasteiger charge is -2.25. The van der Waals surface area contributed by atoms with Crippen LogP contribution < -0.4 is 14.2 Å². The Hall–Kier alpha value is -4.12. The molecule has 0 fully saturated rings. The van der Waals surface area contributed by atoms with Crippen LogP contribution in [0.5, 0.6) is 17.2 Å². The van der Waals surface area contributed by atoms with Crippen molar-refractivity contribution < 1.29 is 23.8 Å². The lowest BCUT2D eigenvalue weighted by atomic mass is 9.89. The second-order valence-corrected chi connectivity index (χ2v) is 8.62. The summed E-state index contributed by atoms with van der Waals surface area (Å²) in [5.41, 5.74) is 3.21. The van der Waals surface area contributed by atoms with Crippen LogP contribution in [-0.4, -0.2) is 11.9 Å². The first-order valence-corrected chi connectivity index (χ1v) is 11.6. The summed E-state index contributed by atoms with van der Waals surface area (Å²) in [5.74, 6) is 1.38. The quantitative estimate of drug-likeness (QED) is 0.227. The van der Waals surface area contributed by atoms with Crippen LogP contribution in [0.1, 0.15) is 37.5 Å². The van der Waals surface area contributed by atoms with E-state index < -0.39 is 11.9 Å². The monoisotopic (exact) mass is 468 g/mol. The third-order valence-corrected chi connectivity index (χ3v) is 5.89. The largest absolute Gasteiger partial charge is 0.461 e. The fraction of sp³-hybridized carbons (Fsp3) is 0.200. The molecule has 4 rings (SSSR count). The van der Waals surface area contributed by atoms with Gasteiger partial charge in [-0.2, -0.15) is 0 Å². The van der Waals surface area contributed by atoms with Crippen LogP contribution >= 0.6 is 0 Å². The molecule has 5 heteroatoms. The van der Waals surface area contributed by atoms with Crippen LogP contribution in [-0.2, 0) is 28.9 Å². The lowest BCUT2D eigenvalue weighted by molar-refractivity contribution is -0.131. The highest BCUT2D eigenvalue weighted by molar-refractivity contribution is 6.01. The smallest absolute Gasteiger partial charge is 0.338 e. The first-order chi connectivity index (χ1) is 16.8. The van der Waals surface area contributed by atoms with Gasteiger partial charge < -0.3 is 14.2 Å². The van der Waals surface area contributed by atoms with Gasteiger partial charge in [-0.15, -0.1) is 0 Å². The minimum Gasteiger partial charge on any atom is -0.461 e. The predicted molar refractivity (Wildman–Crippen MR) is 137 cm³/mol. The van der Waals surface area contributed by atoms with E-state index >= 15 is 0 Å². The van der Waals surface area contributed by atoms with E-state index in [4.69, 9.17) is 14.2 Å². The van der Waals surface area contributed by atoms with Crippen molar-refractivity contribution in [2.24, 2.45) is 0 Å². The van der Waals surface area contributed by atoms with Crippen molar-refractivity contribution in [3.63, 3.8) is 0 Å². The summed E-state index contributed by atoms with van der Waals surface area (Å²) in [6.07, 6.45) is 3.63. The van der Waals surface area contributed by atoms with Gasteiger partial charge in [-0.1, -0.05) is 62.5 Å². The number of hydrogen-bond donors (Lipinski definition) is 0. The van der Waals surface area contributed by atoms with Gasteiger partial charge >= 0.3 is 11.9 Å². The summed E-state index contributed by atoms with van der Waals surface area (Å²) < 4.78 is 18.0. The van der Waals surface area contributed by atoms with E-state index in [-0.39, 0.29) is 0 Å². The highest BCUT2D eigenvalue weighted by Gasteiger charge is 2.28. The van der Waals surface area contributed by atoms with E-state index in [0.717, 1.165) is 34.6 Å². The van der Waals surface area contributed by atoms with Crippen molar-refractivity contribution >= 4 is 22.7 Å². The number of hydrogen-bond acceptors (Lipinski definition) is 5. The van der Waals surface area contributed by atoms with E-state index in [9.17, 15) is 9.59 Å². The molecule has 1 aliphatic carbocycles. The maximum absolute atomic E-state index is 12.6. The van der Waals surface area contributed by atoms with Crippen LogP contribution in [0.25, 0.3) is 10.8 Å². The maximum atomic E-state index is 12.6. The molecule has 0 amide bonds.